The quantitative estimate of drug-likeness (QED) is 0.661. The van der Waals surface area contributed by atoms with Gasteiger partial charge in [0.2, 0.25) is 0 Å². The van der Waals surface area contributed by atoms with Gasteiger partial charge in [-0.3, -0.25) is 9.59 Å². The van der Waals surface area contributed by atoms with E-state index >= 15 is 0 Å². The molecule has 0 fully saturated rings. The minimum atomic E-state index is -0.888. The standard InChI is InChI=1S/C12H22N2O5/c1-4-7-14(9-11(17)19-3)12(18)13(2)8-5-6-10(15)16/h4-9H2,1-3H3,(H,15,16). The van der Waals surface area contributed by atoms with Crippen molar-refractivity contribution in [2.75, 3.05) is 33.8 Å². The summed E-state index contributed by atoms with van der Waals surface area (Å²) in [6.07, 6.45) is 1.13. The van der Waals surface area contributed by atoms with E-state index in [1.807, 2.05) is 6.92 Å². The SMILES string of the molecule is CCCN(CC(=O)OC)C(=O)N(C)CCCC(=O)O. The molecule has 0 saturated carbocycles. The average Bonchev–Trinajstić information content (AvgIpc) is 2.36. The zero-order valence-corrected chi connectivity index (χ0v) is 11.7. The van der Waals surface area contributed by atoms with Crippen LogP contribution in [0.2, 0.25) is 0 Å². The van der Waals surface area contributed by atoms with Crippen molar-refractivity contribution in [1.82, 2.24) is 9.80 Å². The molecule has 110 valence electrons. The number of hydrogen-bond acceptors (Lipinski definition) is 4. The van der Waals surface area contributed by atoms with Crippen molar-refractivity contribution < 1.29 is 24.2 Å². The van der Waals surface area contributed by atoms with Crippen molar-refractivity contribution in [3.63, 3.8) is 0 Å². The topological polar surface area (TPSA) is 87.2 Å². The normalized spacial score (nSPS) is 9.84. The van der Waals surface area contributed by atoms with Crippen LogP contribution < -0.4 is 0 Å². The van der Waals surface area contributed by atoms with Crippen LogP contribution >= 0.6 is 0 Å². The maximum atomic E-state index is 12.1. The molecule has 0 aliphatic heterocycles. The number of ether oxygens (including phenoxy) is 1. The van der Waals surface area contributed by atoms with E-state index in [-0.39, 0.29) is 19.0 Å². The highest BCUT2D eigenvalue weighted by atomic mass is 16.5. The maximum Gasteiger partial charge on any atom is 0.325 e. The third kappa shape index (κ3) is 7.28. The van der Waals surface area contributed by atoms with E-state index in [2.05, 4.69) is 4.74 Å². The molecule has 7 heteroatoms. The summed E-state index contributed by atoms with van der Waals surface area (Å²) in [5, 5.41) is 8.53. The Balaban J connectivity index is 4.35. The summed E-state index contributed by atoms with van der Waals surface area (Å²) in [6, 6.07) is -0.294. The Hall–Kier alpha value is -1.79. The minimum absolute atomic E-state index is 0.0163. The van der Waals surface area contributed by atoms with Gasteiger partial charge in [-0.1, -0.05) is 6.92 Å². The molecule has 0 aliphatic rings. The van der Waals surface area contributed by atoms with Crippen molar-refractivity contribution in [3.8, 4) is 0 Å². The summed E-state index contributed by atoms with van der Waals surface area (Å²) in [4.78, 5) is 36.5. The number of amides is 2. The van der Waals surface area contributed by atoms with Gasteiger partial charge in [0.1, 0.15) is 6.54 Å². The van der Waals surface area contributed by atoms with Crippen LogP contribution in [0.15, 0.2) is 0 Å². The molecule has 0 heterocycles. The van der Waals surface area contributed by atoms with Gasteiger partial charge in [-0.25, -0.2) is 4.79 Å². The highest BCUT2D eigenvalue weighted by Gasteiger charge is 2.20. The summed E-state index contributed by atoms with van der Waals surface area (Å²) in [6.45, 7) is 2.61. The summed E-state index contributed by atoms with van der Waals surface area (Å²) in [5.74, 6) is -1.36. The molecule has 0 radical (unpaired) electrons. The molecule has 2 amide bonds. The molecule has 0 aromatic rings. The Kier molecular flexibility index (Phi) is 8.32. The molecule has 0 saturated heterocycles. The molecule has 0 bridgehead atoms. The van der Waals surface area contributed by atoms with Gasteiger partial charge in [0.25, 0.3) is 0 Å². The number of aliphatic carboxylic acids is 1. The molecule has 7 nitrogen and oxygen atoms in total. The number of urea groups is 1. The summed E-state index contributed by atoms with van der Waals surface area (Å²) in [7, 11) is 2.86. The van der Waals surface area contributed by atoms with Crippen LogP contribution in [0.5, 0.6) is 0 Å². The third-order valence-corrected chi connectivity index (χ3v) is 2.52. The largest absolute Gasteiger partial charge is 0.481 e. The first kappa shape index (κ1) is 17.2. The van der Waals surface area contributed by atoms with E-state index in [9.17, 15) is 14.4 Å². The number of carboxylic acids is 1. The van der Waals surface area contributed by atoms with Gasteiger partial charge in [-0.2, -0.15) is 0 Å². The number of methoxy groups -OCH3 is 1. The van der Waals surface area contributed by atoms with E-state index in [1.165, 1.54) is 16.9 Å². The van der Waals surface area contributed by atoms with E-state index in [0.29, 0.717) is 19.5 Å². The van der Waals surface area contributed by atoms with E-state index < -0.39 is 11.9 Å². The third-order valence-electron chi connectivity index (χ3n) is 2.52. The highest BCUT2D eigenvalue weighted by Crippen LogP contribution is 2.02. The number of carbonyl (C=O) groups is 3. The molecule has 0 aromatic carbocycles. The molecular formula is C12H22N2O5. The van der Waals surface area contributed by atoms with Gasteiger partial charge in [0, 0.05) is 26.6 Å². The second kappa shape index (κ2) is 9.18. The fourth-order valence-corrected chi connectivity index (χ4v) is 1.54. The van der Waals surface area contributed by atoms with E-state index in [4.69, 9.17) is 5.11 Å². The van der Waals surface area contributed by atoms with E-state index in [0.717, 1.165) is 6.42 Å². The predicted molar refractivity (Wildman–Crippen MR) is 68.8 cm³/mol. The molecule has 0 aromatic heterocycles. The number of carbonyl (C=O) groups excluding carboxylic acids is 2. The van der Waals surface area contributed by atoms with E-state index in [1.54, 1.807) is 7.05 Å². The number of nitrogens with zero attached hydrogens (tertiary/aromatic N) is 2. The Bertz CT molecular complexity index is 319. The fourth-order valence-electron chi connectivity index (χ4n) is 1.54. The lowest BCUT2D eigenvalue weighted by Crippen LogP contribution is -2.44. The van der Waals surface area contributed by atoms with Crippen LogP contribution in [0.25, 0.3) is 0 Å². The Labute approximate surface area is 113 Å². The van der Waals surface area contributed by atoms with Crippen LogP contribution in [-0.4, -0.2) is 66.7 Å². The second-order valence-electron chi connectivity index (χ2n) is 4.20. The smallest absolute Gasteiger partial charge is 0.325 e. The van der Waals surface area contributed by atoms with Gasteiger partial charge < -0.3 is 19.6 Å². The Morgan fingerprint density at radius 1 is 1.21 bits per heavy atom. The van der Waals surface area contributed by atoms with Crippen molar-refractivity contribution >= 4 is 18.0 Å². The first-order valence-corrected chi connectivity index (χ1v) is 6.21. The molecule has 0 spiro atoms. The maximum absolute atomic E-state index is 12.1. The van der Waals surface area contributed by atoms with Crippen LogP contribution in [0.1, 0.15) is 26.2 Å². The van der Waals surface area contributed by atoms with Gasteiger partial charge in [-0.05, 0) is 12.8 Å². The summed E-state index contributed by atoms with van der Waals surface area (Å²) >= 11 is 0. The monoisotopic (exact) mass is 274 g/mol. The lowest BCUT2D eigenvalue weighted by atomic mass is 10.3. The zero-order valence-electron chi connectivity index (χ0n) is 11.7. The Morgan fingerprint density at radius 3 is 2.32 bits per heavy atom. The molecule has 19 heavy (non-hydrogen) atoms. The Morgan fingerprint density at radius 2 is 1.84 bits per heavy atom. The minimum Gasteiger partial charge on any atom is -0.481 e. The van der Waals surface area contributed by atoms with Crippen LogP contribution in [-0.2, 0) is 14.3 Å². The number of esters is 1. The van der Waals surface area contributed by atoms with Crippen LogP contribution in [0.4, 0.5) is 4.79 Å². The molecule has 0 aliphatic carbocycles. The van der Waals surface area contributed by atoms with Crippen molar-refractivity contribution in [2.24, 2.45) is 0 Å². The molecular weight excluding hydrogens is 252 g/mol. The van der Waals surface area contributed by atoms with Gasteiger partial charge in [0.15, 0.2) is 0 Å². The lowest BCUT2D eigenvalue weighted by Gasteiger charge is -2.27. The van der Waals surface area contributed by atoms with Crippen molar-refractivity contribution in [1.29, 1.82) is 0 Å². The molecule has 0 rings (SSSR count). The first-order valence-electron chi connectivity index (χ1n) is 6.21. The first-order chi connectivity index (χ1) is 8.92. The van der Waals surface area contributed by atoms with Crippen LogP contribution in [0, 0.1) is 0 Å². The highest BCUT2D eigenvalue weighted by molar-refractivity contribution is 5.80. The fraction of sp³-hybridized carbons (Fsp3) is 0.750. The van der Waals surface area contributed by atoms with Gasteiger partial charge in [0.05, 0.1) is 7.11 Å². The average molecular weight is 274 g/mol. The summed E-state index contributed by atoms with van der Waals surface area (Å²) in [5.41, 5.74) is 0. The molecule has 0 atom stereocenters. The summed E-state index contributed by atoms with van der Waals surface area (Å²) < 4.78 is 4.54. The van der Waals surface area contributed by atoms with Crippen LogP contribution in [0.3, 0.4) is 0 Å². The second-order valence-corrected chi connectivity index (χ2v) is 4.20. The molecule has 1 N–H and O–H groups in total. The number of carboxylic acid groups (broad SMARTS) is 1. The van der Waals surface area contributed by atoms with Gasteiger partial charge in [-0.15, -0.1) is 0 Å². The predicted octanol–water partition coefficient (Wildman–Crippen LogP) is 0.788. The van der Waals surface area contributed by atoms with Crippen molar-refractivity contribution in [3.05, 3.63) is 0 Å². The number of rotatable bonds is 8. The number of hydrogen-bond donors (Lipinski definition) is 1. The zero-order chi connectivity index (χ0) is 14.8. The molecule has 0 unspecified atom stereocenters. The lowest BCUT2D eigenvalue weighted by molar-refractivity contribution is -0.141. The van der Waals surface area contributed by atoms with Gasteiger partial charge >= 0.3 is 18.0 Å². The van der Waals surface area contributed by atoms with Crippen molar-refractivity contribution in [2.45, 2.75) is 26.2 Å².